The van der Waals surface area contributed by atoms with Gasteiger partial charge in [-0.1, -0.05) is 36.8 Å². The first kappa shape index (κ1) is 12.7. The van der Waals surface area contributed by atoms with E-state index in [4.69, 9.17) is 5.73 Å². The highest BCUT2D eigenvalue weighted by molar-refractivity contribution is 5.85. The van der Waals surface area contributed by atoms with Gasteiger partial charge in [-0.15, -0.1) is 0 Å². The Bertz CT molecular complexity index is 376. The molecule has 1 unspecified atom stereocenters. The van der Waals surface area contributed by atoms with Crippen LogP contribution >= 0.6 is 0 Å². The average Bonchev–Trinajstić information content (AvgIpc) is 2.25. The molecule has 0 saturated carbocycles. The Labute approximate surface area is 97.0 Å². The van der Waals surface area contributed by atoms with Crippen LogP contribution in [0.4, 0.5) is 0 Å². The van der Waals surface area contributed by atoms with Gasteiger partial charge in [-0.05, 0) is 32.4 Å². The number of aryl methyl sites for hydroxylation is 1. The molecule has 0 bridgehead atoms. The van der Waals surface area contributed by atoms with Gasteiger partial charge in [0.05, 0.1) is 0 Å². The van der Waals surface area contributed by atoms with Crippen LogP contribution in [0.3, 0.4) is 0 Å². The van der Waals surface area contributed by atoms with E-state index in [-0.39, 0.29) is 5.91 Å². The Hall–Kier alpha value is -1.35. The zero-order valence-corrected chi connectivity index (χ0v) is 10.2. The molecule has 0 fully saturated rings. The SMILES string of the molecule is CCCNC(C)(C(N)=O)c1cccc(C)c1. The first-order valence-electron chi connectivity index (χ1n) is 5.62. The van der Waals surface area contributed by atoms with Crippen molar-refractivity contribution in [3.63, 3.8) is 0 Å². The third-order valence-electron chi connectivity index (χ3n) is 2.82. The predicted octanol–water partition coefficient (Wildman–Crippen LogP) is 1.70. The molecule has 0 radical (unpaired) electrons. The third kappa shape index (κ3) is 2.61. The lowest BCUT2D eigenvalue weighted by Gasteiger charge is -2.28. The molecule has 16 heavy (non-hydrogen) atoms. The molecule has 1 rings (SSSR count). The smallest absolute Gasteiger partial charge is 0.242 e. The number of benzene rings is 1. The molecule has 3 heteroatoms. The van der Waals surface area contributed by atoms with E-state index in [2.05, 4.69) is 12.2 Å². The minimum absolute atomic E-state index is 0.341. The van der Waals surface area contributed by atoms with E-state index in [1.54, 1.807) is 0 Å². The van der Waals surface area contributed by atoms with Crippen molar-refractivity contribution in [1.29, 1.82) is 0 Å². The van der Waals surface area contributed by atoms with Gasteiger partial charge in [-0.2, -0.15) is 0 Å². The fourth-order valence-electron chi connectivity index (χ4n) is 1.66. The first-order valence-corrected chi connectivity index (χ1v) is 5.62. The minimum Gasteiger partial charge on any atom is -0.368 e. The summed E-state index contributed by atoms with van der Waals surface area (Å²) in [6.07, 6.45) is 0.967. The molecule has 88 valence electrons. The normalized spacial score (nSPS) is 14.4. The van der Waals surface area contributed by atoms with Gasteiger partial charge < -0.3 is 5.73 Å². The van der Waals surface area contributed by atoms with Gasteiger partial charge in [0.25, 0.3) is 0 Å². The Balaban J connectivity index is 3.06. The van der Waals surface area contributed by atoms with E-state index in [1.807, 2.05) is 38.1 Å². The third-order valence-corrected chi connectivity index (χ3v) is 2.82. The second-order valence-corrected chi connectivity index (χ2v) is 4.29. The largest absolute Gasteiger partial charge is 0.368 e. The van der Waals surface area contributed by atoms with Crippen LogP contribution in [-0.4, -0.2) is 12.5 Å². The van der Waals surface area contributed by atoms with Gasteiger partial charge in [-0.25, -0.2) is 0 Å². The summed E-state index contributed by atoms with van der Waals surface area (Å²) < 4.78 is 0. The van der Waals surface area contributed by atoms with Crippen LogP contribution in [0.1, 0.15) is 31.4 Å². The fraction of sp³-hybridized carbons (Fsp3) is 0.462. The van der Waals surface area contributed by atoms with Crippen molar-refractivity contribution in [2.75, 3.05) is 6.54 Å². The maximum atomic E-state index is 11.6. The van der Waals surface area contributed by atoms with E-state index in [1.165, 1.54) is 0 Å². The van der Waals surface area contributed by atoms with Crippen molar-refractivity contribution in [2.24, 2.45) is 5.73 Å². The molecule has 1 aromatic rings. The summed E-state index contributed by atoms with van der Waals surface area (Å²) in [6, 6.07) is 7.87. The lowest BCUT2D eigenvalue weighted by atomic mass is 9.90. The van der Waals surface area contributed by atoms with E-state index < -0.39 is 5.54 Å². The highest BCUT2D eigenvalue weighted by Crippen LogP contribution is 2.21. The minimum atomic E-state index is -0.776. The Morgan fingerprint density at radius 1 is 1.50 bits per heavy atom. The molecule has 0 aromatic heterocycles. The number of carbonyl (C=O) groups excluding carboxylic acids is 1. The Morgan fingerprint density at radius 3 is 2.69 bits per heavy atom. The molecule has 1 amide bonds. The monoisotopic (exact) mass is 220 g/mol. The first-order chi connectivity index (χ1) is 7.50. The summed E-state index contributed by atoms with van der Waals surface area (Å²) in [5.41, 5.74) is 6.77. The number of hydrogen-bond donors (Lipinski definition) is 2. The van der Waals surface area contributed by atoms with E-state index >= 15 is 0 Å². The Kier molecular flexibility index (Phi) is 4.07. The summed E-state index contributed by atoms with van der Waals surface area (Å²) in [4.78, 5) is 11.6. The summed E-state index contributed by atoms with van der Waals surface area (Å²) in [5, 5.41) is 3.21. The molecule has 1 aromatic carbocycles. The highest BCUT2D eigenvalue weighted by Gasteiger charge is 2.32. The summed E-state index contributed by atoms with van der Waals surface area (Å²) in [7, 11) is 0. The van der Waals surface area contributed by atoms with E-state index in [9.17, 15) is 4.79 Å². The number of primary amides is 1. The van der Waals surface area contributed by atoms with Crippen LogP contribution in [-0.2, 0) is 10.3 Å². The fourth-order valence-corrected chi connectivity index (χ4v) is 1.66. The molecular formula is C13H20N2O. The number of hydrogen-bond acceptors (Lipinski definition) is 2. The molecule has 3 nitrogen and oxygen atoms in total. The van der Waals surface area contributed by atoms with E-state index in [0.717, 1.165) is 24.1 Å². The van der Waals surface area contributed by atoms with Crippen LogP contribution in [0.2, 0.25) is 0 Å². The van der Waals surface area contributed by atoms with Crippen LogP contribution in [0.25, 0.3) is 0 Å². The maximum absolute atomic E-state index is 11.6. The van der Waals surface area contributed by atoms with Gasteiger partial charge in [0.1, 0.15) is 5.54 Å². The van der Waals surface area contributed by atoms with Crippen molar-refractivity contribution < 1.29 is 4.79 Å². The zero-order valence-electron chi connectivity index (χ0n) is 10.2. The molecule has 0 heterocycles. The Morgan fingerprint density at radius 2 is 2.19 bits per heavy atom. The van der Waals surface area contributed by atoms with E-state index in [0.29, 0.717) is 0 Å². The standard InChI is InChI=1S/C13H20N2O/c1-4-8-15-13(3,12(14)16)11-7-5-6-10(2)9-11/h5-7,9,15H,4,8H2,1-3H3,(H2,14,16). The second-order valence-electron chi connectivity index (χ2n) is 4.29. The molecule has 3 N–H and O–H groups in total. The van der Waals surface area contributed by atoms with Crippen molar-refractivity contribution in [2.45, 2.75) is 32.7 Å². The predicted molar refractivity (Wildman–Crippen MR) is 66.0 cm³/mol. The molecule has 0 saturated heterocycles. The molecule has 0 aliphatic heterocycles. The summed E-state index contributed by atoms with van der Waals surface area (Å²) in [5.74, 6) is -0.341. The zero-order chi connectivity index (χ0) is 12.2. The van der Waals surface area contributed by atoms with Gasteiger partial charge >= 0.3 is 0 Å². The number of carbonyl (C=O) groups is 1. The summed E-state index contributed by atoms with van der Waals surface area (Å²) >= 11 is 0. The number of amides is 1. The quantitative estimate of drug-likeness (QED) is 0.793. The average molecular weight is 220 g/mol. The van der Waals surface area contributed by atoms with Gasteiger partial charge in [0.2, 0.25) is 5.91 Å². The second kappa shape index (κ2) is 5.12. The van der Waals surface area contributed by atoms with Crippen LogP contribution in [0, 0.1) is 6.92 Å². The lowest BCUT2D eigenvalue weighted by molar-refractivity contribution is -0.124. The van der Waals surface area contributed by atoms with Crippen LogP contribution < -0.4 is 11.1 Å². The van der Waals surface area contributed by atoms with Crippen LogP contribution in [0.5, 0.6) is 0 Å². The highest BCUT2D eigenvalue weighted by atomic mass is 16.1. The molecule has 1 atom stereocenters. The van der Waals surface area contributed by atoms with Crippen LogP contribution in [0.15, 0.2) is 24.3 Å². The van der Waals surface area contributed by atoms with Gasteiger partial charge in [-0.3, -0.25) is 10.1 Å². The topological polar surface area (TPSA) is 55.1 Å². The molecule has 0 aliphatic rings. The van der Waals surface area contributed by atoms with Gasteiger partial charge in [0, 0.05) is 0 Å². The molecule has 0 aliphatic carbocycles. The number of nitrogens with one attached hydrogen (secondary N) is 1. The molecule has 0 spiro atoms. The number of nitrogens with two attached hydrogens (primary N) is 1. The van der Waals surface area contributed by atoms with Crippen molar-refractivity contribution in [3.05, 3.63) is 35.4 Å². The lowest BCUT2D eigenvalue weighted by Crippen LogP contribution is -2.50. The van der Waals surface area contributed by atoms with Gasteiger partial charge in [0.15, 0.2) is 0 Å². The van der Waals surface area contributed by atoms with Crippen molar-refractivity contribution >= 4 is 5.91 Å². The van der Waals surface area contributed by atoms with Crippen molar-refractivity contribution in [1.82, 2.24) is 5.32 Å². The summed E-state index contributed by atoms with van der Waals surface area (Å²) in [6.45, 7) is 6.67. The maximum Gasteiger partial charge on any atom is 0.242 e. The molecular weight excluding hydrogens is 200 g/mol. The number of rotatable bonds is 5. The van der Waals surface area contributed by atoms with Crippen molar-refractivity contribution in [3.8, 4) is 0 Å².